The zero-order chi connectivity index (χ0) is 38.2. The molecule has 0 aliphatic carbocycles. The second-order valence-corrected chi connectivity index (χ2v) is 14.7. The zero-order valence-corrected chi connectivity index (χ0v) is 30.2. The molecule has 284 valence electrons. The van der Waals surface area contributed by atoms with Gasteiger partial charge in [0.25, 0.3) is 0 Å². The first-order valence-electron chi connectivity index (χ1n) is 17.9. The predicted molar refractivity (Wildman–Crippen MR) is 188 cm³/mol. The van der Waals surface area contributed by atoms with E-state index in [4.69, 9.17) is 0 Å². The Kier molecular flexibility index (Phi) is 11.0. The van der Waals surface area contributed by atoms with E-state index in [-0.39, 0.29) is 17.0 Å². The van der Waals surface area contributed by atoms with Crippen molar-refractivity contribution in [2.24, 2.45) is 11.8 Å². The number of hydrogen-bond donors (Lipinski definition) is 2. The lowest BCUT2D eigenvalue weighted by Gasteiger charge is -2.34. The van der Waals surface area contributed by atoms with Gasteiger partial charge in [-0.25, -0.2) is 0 Å². The zero-order valence-electron chi connectivity index (χ0n) is 30.2. The second kappa shape index (κ2) is 15.2. The van der Waals surface area contributed by atoms with Crippen LogP contribution in [-0.2, 0) is 31.7 Å². The van der Waals surface area contributed by atoms with Gasteiger partial charge in [-0.15, -0.1) is 10.2 Å². The summed E-state index contributed by atoms with van der Waals surface area (Å²) >= 11 is 0. The maximum Gasteiger partial charge on any atom is 0.416 e. The summed E-state index contributed by atoms with van der Waals surface area (Å²) in [7, 11) is 2.10. The minimum Gasteiger partial charge on any atom is -0.507 e. The van der Waals surface area contributed by atoms with Crippen molar-refractivity contribution in [3.8, 4) is 34.0 Å². The number of likely N-dealkylation sites (tertiary alicyclic amines) is 2. The van der Waals surface area contributed by atoms with E-state index in [9.17, 15) is 36.6 Å². The SMILES string of the molecule is Cc1c(CC2CCCN(Cc3c(-c4ccc(C(F)(F)F)cc4O)nnc(CC4CCCN(C)C4)c3C)C2)nnc(-c2ccc(C(F)(F)F)cc2O)c1C. The van der Waals surface area contributed by atoms with Crippen LogP contribution < -0.4 is 0 Å². The van der Waals surface area contributed by atoms with E-state index in [0.717, 1.165) is 98.0 Å². The molecule has 0 amide bonds. The first-order chi connectivity index (χ1) is 25.0. The van der Waals surface area contributed by atoms with Crippen LogP contribution in [0.4, 0.5) is 26.3 Å². The normalized spacial score (nSPS) is 19.1. The maximum absolute atomic E-state index is 13.5. The molecule has 6 rings (SSSR count). The molecule has 2 unspecified atom stereocenters. The van der Waals surface area contributed by atoms with Gasteiger partial charge >= 0.3 is 12.4 Å². The molecule has 4 heterocycles. The maximum atomic E-state index is 13.5. The predicted octanol–water partition coefficient (Wildman–Crippen LogP) is 8.31. The van der Waals surface area contributed by atoms with E-state index in [1.807, 2.05) is 20.8 Å². The minimum absolute atomic E-state index is 0.174. The molecular formula is C39H44F6N6O2. The van der Waals surface area contributed by atoms with E-state index in [1.54, 1.807) is 0 Å². The fourth-order valence-electron chi connectivity index (χ4n) is 7.79. The highest BCUT2D eigenvalue weighted by molar-refractivity contribution is 5.72. The lowest BCUT2D eigenvalue weighted by atomic mass is 9.89. The van der Waals surface area contributed by atoms with E-state index in [1.165, 1.54) is 12.1 Å². The number of aromatic hydroxyl groups is 2. The molecule has 2 aromatic carbocycles. The third kappa shape index (κ3) is 8.59. The van der Waals surface area contributed by atoms with Gasteiger partial charge in [-0.2, -0.15) is 36.5 Å². The highest BCUT2D eigenvalue weighted by Gasteiger charge is 2.33. The van der Waals surface area contributed by atoms with E-state index in [2.05, 4.69) is 37.2 Å². The molecule has 2 N–H and O–H groups in total. The number of phenols is 2. The minimum atomic E-state index is -4.61. The Labute approximate surface area is 304 Å². The molecule has 2 saturated heterocycles. The number of piperidine rings is 2. The number of hydrogen-bond acceptors (Lipinski definition) is 8. The van der Waals surface area contributed by atoms with Crippen LogP contribution in [0.3, 0.4) is 0 Å². The van der Waals surface area contributed by atoms with Crippen molar-refractivity contribution in [2.45, 2.75) is 78.2 Å². The monoisotopic (exact) mass is 742 g/mol. The largest absolute Gasteiger partial charge is 0.507 e. The average Bonchev–Trinajstić information content (AvgIpc) is 3.09. The molecule has 53 heavy (non-hydrogen) atoms. The Morgan fingerprint density at radius 3 is 1.72 bits per heavy atom. The van der Waals surface area contributed by atoms with Crippen molar-refractivity contribution in [2.75, 3.05) is 33.2 Å². The van der Waals surface area contributed by atoms with Crippen LogP contribution in [0.15, 0.2) is 36.4 Å². The van der Waals surface area contributed by atoms with Crippen LogP contribution in [0.5, 0.6) is 11.5 Å². The Morgan fingerprint density at radius 1 is 0.660 bits per heavy atom. The van der Waals surface area contributed by atoms with Gasteiger partial charge in [0.05, 0.1) is 28.2 Å². The lowest BCUT2D eigenvalue weighted by molar-refractivity contribution is -0.138. The van der Waals surface area contributed by atoms with Crippen molar-refractivity contribution in [1.29, 1.82) is 0 Å². The second-order valence-electron chi connectivity index (χ2n) is 14.7. The molecule has 14 heteroatoms. The van der Waals surface area contributed by atoms with Gasteiger partial charge in [-0.05, 0) is 150 Å². The highest BCUT2D eigenvalue weighted by atomic mass is 19.4. The van der Waals surface area contributed by atoms with Crippen molar-refractivity contribution >= 4 is 0 Å². The third-order valence-corrected chi connectivity index (χ3v) is 10.9. The van der Waals surface area contributed by atoms with Crippen LogP contribution in [-0.4, -0.2) is 73.6 Å². The van der Waals surface area contributed by atoms with E-state index < -0.39 is 35.0 Å². The fourth-order valence-corrected chi connectivity index (χ4v) is 7.79. The van der Waals surface area contributed by atoms with Crippen molar-refractivity contribution in [3.63, 3.8) is 0 Å². The Hall–Kier alpha value is -4.30. The van der Waals surface area contributed by atoms with Crippen LogP contribution in [0, 0.1) is 32.6 Å². The number of phenolic OH excluding ortho intramolecular Hbond substituents is 2. The standard InChI is InChI=1S/C39H44F6N6O2/c1-22-23(2)36(29-11-9-27(17-34(29)52)38(40,41)42)48-46-32(22)16-26-8-6-14-51(20-26)21-31-24(3)33(15-25-7-5-13-50(4)19-25)47-49-37(31)30-12-10-28(18-35(30)53)39(43,44)45/h9-12,17-18,25-26,52-53H,5-8,13-16,19-21H2,1-4H3. The van der Waals surface area contributed by atoms with Crippen LogP contribution in [0.1, 0.15) is 70.5 Å². The summed E-state index contributed by atoms with van der Waals surface area (Å²) in [5, 5.41) is 39.2. The van der Waals surface area contributed by atoms with Gasteiger partial charge in [0.1, 0.15) is 17.2 Å². The molecule has 2 atom stereocenters. The summed E-state index contributed by atoms with van der Waals surface area (Å²) in [6, 6.07) is 5.76. The first kappa shape index (κ1) is 38.4. The summed E-state index contributed by atoms with van der Waals surface area (Å²) in [6.07, 6.45) is -3.86. The summed E-state index contributed by atoms with van der Waals surface area (Å²) in [5.74, 6) is -0.435. The number of halogens is 6. The molecule has 0 saturated carbocycles. The molecule has 2 aliphatic heterocycles. The molecule has 2 fully saturated rings. The first-order valence-corrected chi connectivity index (χ1v) is 17.9. The highest BCUT2D eigenvalue weighted by Crippen LogP contribution is 2.40. The topological polar surface area (TPSA) is 98.5 Å². The number of benzene rings is 2. The van der Waals surface area contributed by atoms with Gasteiger partial charge < -0.3 is 15.1 Å². The van der Waals surface area contributed by atoms with Gasteiger partial charge in [0.15, 0.2) is 0 Å². The summed E-state index contributed by atoms with van der Waals surface area (Å²) < 4.78 is 79.9. The smallest absolute Gasteiger partial charge is 0.416 e. The van der Waals surface area contributed by atoms with Crippen molar-refractivity contribution in [3.05, 3.63) is 81.2 Å². The van der Waals surface area contributed by atoms with Crippen molar-refractivity contribution < 1.29 is 36.6 Å². The number of alkyl halides is 6. The summed E-state index contributed by atoms with van der Waals surface area (Å²) in [5.41, 5.74) is 4.07. The van der Waals surface area contributed by atoms with Crippen LogP contribution >= 0.6 is 0 Å². The molecule has 0 spiro atoms. The number of rotatable bonds is 8. The number of nitrogens with zero attached hydrogens (tertiary/aromatic N) is 6. The molecule has 2 aliphatic rings. The Bertz CT molecular complexity index is 1970. The summed E-state index contributed by atoms with van der Waals surface area (Å²) in [4.78, 5) is 4.60. The average molecular weight is 743 g/mol. The molecular weight excluding hydrogens is 698 g/mol. The Balaban J connectivity index is 1.25. The van der Waals surface area contributed by atoms with Gasteiger partial charge in [0.2, 0.25) is 0 Å². The van der Waals surface area contributed by atoms with Crippen LogP contribution in [0.25, 0.3) is 22.5 Å². The molecule has 8 nitrogen and oxygen atoms in total. The van der Waals surface area contributed by atoms with Gasteiger partial charge in [-0.1, -0.05) is 0 Å². The van der Waals surface area contributed by atoms with Gasteiger partial charge in [0, 0.05) is 30.8 Å². The molecule has 4 aromatic rings. The molecule has 2 aromatic heterocycles. The lowest BCUT2D eigenvalue weighted by Crippen LogP contribution is -2.36. The van der Waals surface area contributed by atoms with E-state index >= 15 is 0 Å². The third-order valence-electron chi connectivity index (χ3n) is 10.9. The van der Waals surface area contributed by atoms with Gasteiger partial charge in [-0.3, -0.25) is 4.90 Å². The van der Waals surface area contributed by atoms with E-state index in [0.29, 0.717) is 48.4 Å². The fraction of sp³-hybridized carbons (Fsp3) is 0.487. The summed E-state index contributed by atoms with van der Waals surface area (Å²) in [6.45, 7) is 9.63. The quantitative estimate of drug-likeness (QED) is 0.174. The molecule has 0 bridgehead atoms. The van der Waals surface area contributed by atoms with Crippen molar-refractivity contribution in [1.82, 2.24) is 30.2 Å². The molecule has 0 radical (unpaired) electrons. The Morgan fingerprint density at radius 2 is 1.17 bits per heavy atom. The van der Waals surface area contributed by atoms with Crippen LogP contribution in [0.2, 0.25) is 0 Å². The number of aromatic nitrogens is 4.